The maximum Gasteiger partial charge on any atom is 0.309 e. The number of carbonyl (C=O) groups is 4. The molecule has 1 heterocycles. The third-order valence-corrected chi connectivity index (χ3v) is 19.0. The van der Waals surface area contributed by atoms with Gasteiger partial charge in [-0.2, -0.15) is 0 Å². The minimum atomic E-state index is -0.824. The number of fused-ring (bicyclic) bond motifs is 7. The van der Waals surface area contributed by atoms with Gasteiger partial charge in [-0.15, -0.1) is 0 Å². The Balaban J connectivity index is 0.955. The number of amides is 1. The number of carbonyl (C=O) groups excluding carboxylic acids is 3. The molecule has 56 heavy (non-hydrogen) atoms. The summed E-state index contributed by atoms with van der Waals surface area (Å²) in [6, 6.07) is 7.89. The molecule has 0 bridgehead atoms. The molecule has 7 aliphatic rings. The van der Waals surface area contributed by atoms with Crippen LogP contribution in [0, 0.1) is 67.5 Å². The summed E-state index contributed by atoms with van der Waals surface area (Å²) >= 11 is 0. The van der Waals surface area contributed by atoms with Crippen LogP contribution >= 0.6 is 0 Å². The summed E-state index contributed by atoms with van der Waals surface area (Å²) in [5.41, 5.74) is 3.38. The zero-order valence-corrected chi connectivity index (χ0v) is 34.9. The molecule has 2 aromatic rings. The van der Waals surface area contributed by atoms with Crippen LogP contribution in [-0.2, 0) is 30.5 Å². The van der Waals surface area contributed by atoms with Crippen LogP contribution in [0.5, 0.6) is 0 Å². The summed E-state index contributed by atoms with van der Waals surface area (Å²) in [6.07, 6.45) is 10.2. The summed E-state index contributed by atoms with van der Waals surface area (Å²) in [7, 11) is 0. The Hall–Kier alpha value is -3.49. The number of benzene rings is 1. The highest BCUT2D eigenvalue weighted by molar-refractivity contribution is 6.01. The highest BCUT2D eigenvalue weighted by atomic mass is 16.5. The zero-order valence-electron chi connectivity index (χ0n) is 34.9. The normalized spacial score (nSPS) is 43.2. The van der Waals surface area contributed by atoms with Crippen LogP contribution in [0.15, 0.2) is 35.4 Å². The van der Waals surface area contributed by atoms with Gasteiger partial charge in [-0.05, 0) is 127 Å². The van der Waals surface area contributed by atoms with Crippen molar-refractivity contribution in [1.82, 2.24) is 15.3 Å². The second-order valence-corrected chi connectivity index (χ2v) is 21.6. The smallest absolute Gasteiger partial charge is 0.309 e. The molecule has 1 aromatic heterocycles. The van der Waals surface area contributed by atoms with E-state index >= 15 is 0 Å². The fourth-order valence-electron chi connectivity index (χ4n) is 15.5. The largest absolute Gasteiger partial charge is 0.481 e. The summed E-state index contributed by atoms with van der Waals surface area (Å²) in [5.74, 6) is -0.0223. The van der Waals surface area contributed by atoms with Crippen molar-refractivity contribution in [3.63, 3.8) is 0 Å². The van der Waals surface area contributed by atoms with Gasteiger partial charge >= 0.3 is 11.9 Å². The van der Waals surface area contributed by atoms with Gasteiger partial charge in [0.15, 0.2) is 5.78 Å². The molecule has 3 N–H and O–H groups in total. The number of hydrogen-bond acceptors (Lipinski definition) is 6. The van der Waals surface area contributed by atoms with Gasteiger partial charge in [0.2, 0.25) is 5.91 Å². The number of Topliss-reactive ketones (excluding diaryl/α,β-unsaturated/α-hetero) is 1. The number of ketones is 1. The number of aromatic amines is 1. The molecule has 0 unspecified atom stereocenters. The van der Waals surface area contributed by atoms with Crippen LogP contribution in [0.25, 0.3) is 11.0 Å². The van der Waals surface area contributed by atoms with Gasteiger partial charge in [-0.25, -0.2) is 4.98 Å². The number of nitrogens with zero attached hydrogens (tertiary/aromatic N) is 1. The number of aliphatic carboxylic acids is 1. The number of allylic oxidation sites excluding steroid dienone is 2. The molecule has 6 saturated carbocycles. The monoisotopic (exact) mass is 765 g/mol. The van der Waals surface area contributed by atoms with Crippen molar-refractivity contribution in [1.29, 1.82) is 0 Å². The van der Waals surface area contributed by atoms with Gasteiger partial charge in [0.1, 0.15) is 11.9 Å². The van der Waals surface area contributed by atoms with Crippen molar-refractivity contribution in [3.05, 3.63) is 41.2 Å². The molecule has 11 atom stereocenters. The highest BCUT2D eigenvalue weighted by Gasteiger charge is 2.82. The van der Waals surface area contributed by atoms with E-state index in [0.29, 0.717) is 31.7 Å². The number of rotatable bonds is 8. The molecule has 7 aliphatic carbocycles. The number of nitrogens with one attached hydrogen (secondary N) is 2. The number of H-pyrrole nitrogens is 1. The molecular formula is C47H63N3O6. The van der Waals surface area contributed by atoms with Crippen LogP contribution in [0.4, 0.5) is 0 Å². The molecular weight excluding hydrogens is 703 g/mol. The van der Waals surface area contributed by atoms with Crippen molar-refractivity contribution in [2.45, 2.75) is 145 Å². The number of imidazole rings is 1. The molecule has 0 saturated heterocycles. The van der Waals surface area contributed by atoms with E-state index in [1.807, 2.05) is 38.1 Å². The van der Waals surface area contributed by atoms with Crippen molar-refractivity contribution in [3.8, 4) is 0 Å². The fraction of sp³-hybridized carbons (Fsp3) is 0.723. The van der Waals surface area contributed by atoms with Crippen molar-refractivity contribution < 1.29 is 29.0 Å². The predicted molar refractivity (Wildman–Crippen MR) is 213 cm³/mol. The van der Waals surface area contributed by atoms with E-state index in [1.54, 1.807) is 0 Å². The molecule has 1 aromatic carbocycles. The molecule has 1 amide bonds. The summed E-state index contributed by atoms with van der Waals surface area (Å²) < 4.78 is 6.45. The average Bonchev–Trinajstić information content (AvgIpc) is 3.40. The molecule has 302 valence electrons. The Labute approximate surface area is 332 Å². The van der Waals surface area contributed by atoms with Gasteiger partial charge in [0, 0.05) is 23.7 Å². The van der Waals surface area contributed by atoms with Crippen LogP contribution in [0.2, 0.25) is 0 Å². The van der Waals surface area contributed by atoms with E-state index in [2.05, 4.69) is 56.8 Å². The summed E-state index contributed by atoms with van der Waals surface area (Å²) in [6.45, 7) is 18.5. The molecule has 0 aliphatic heterocycles. The first-order valence-electron chi connectivity index (χ1n) is 21.7. The Morgan fingerprint density at radius 3 is 2.34 bits per heavy atom. The predicted octanol–water partition coefficient (Wildman–Crippen LogP) is 8.96. The van der Waals surface area contributed by atoms with Gasteiger partial charge < -0.3 is 20.1 Å². The van der Waals surface area contributed by atoms with E-state index in [0.717, 1.165) is 80.2 Å². The Morgan fingerprint density at radius 1 is 0.911 bits per heavy atom. The quantitative estimate of drug-likeness (QED) is 0.228. The SMILES string of the molecule is CC(C)C1=C2[C@H]3CC[C@@H]4[C@@]5(C)CC[C@H](OC(=O)[C@H]6C[C@@H](C(=O)O)C6(C)C)[C@@]6(C)C[C@]65CC[C@@]4(C)[C@]3(C)CC[C@@]2(CC(=O)NCc2nc3ccccc3[nH]2)CC1=O. The number of esters is 1. The van der Waals surface area contributed by atoms with E-state index in [4.69, 9.17) is 4.74 Å². The Morgan fingerprint density at radius 2 is 1.64 bits per heavy atom. The molecule has 9 heteroatoms. The standard InChI is InChI=1S/C47H63N3O6/c1-26(2)37-32(51)22-46(23-36(52)48-24-35-49-30-11-9-10-12-31(30)50-35)19-17-42(5)27(38(37)46)13-14-33-43(42,6)18-20-47-25-45(47,8)34(15-16-44(33,47)7)56-40(55)29-21-28(39(53)54)41(29,3)4/h9-12,26-29,33-34H,13-25H2,1-8H3,(H,48,52)(H,49,50)(H,53,54)/t27-,28+,29-,33+,34+,42-,43-,44-,45-,46+,47+/m1/s1. The van der Waals surface area contributed by atoms with Crippen molar-refractivity contribution in [2.24, 2.45) is 67.5 Å². The van der Waals surface area contributed by atoms with E-state index in [-0.39, 0.29) is 68.6 Å². The van der Waals surface area contributed by atoms with Crippen molar-refractivity contribution >= 4 is 34.7 Å². The highest BCUT2D eigenvalue weighted by Crippen LogP contribution is 2.87. The summed E-state index contributed by atoms with van der Waals surface area (Å²) in [4.78, 5) is 61.4. The van der Waals surface area contributed by atoms with Crippen molar-refractivity contribution in [2.75, 3.05) is 0 Å². The maximum atomic E-state index is 14.1. The van der Waals surface area contributed by atoms with Crippen LogP contribution in [0.3, 0.4) is 0 Å². The Bertz CT molecular complexity index is 2050. The van der Waals surface area contributed by atoms with Crippen LogP contribution < -0.4 is 5.32 Å². The summed E-state index contributed by atoms with van der Waals surface area (Å²) in [5, 5.41) is 12.8. The average molecular weight is 766 g/mol. The minimum absolute atomic E-state index is 0.0000248. The van der Waals surface area contributed by atoms with Crippen LogP contribution in [0.1, 0.15) is 138 Å². The minimum Gasteiger partial charge on any atom is -0.481 e. The van der Waals surface area contributed by atoms with Gasteiger partial charge in [-0.3, -0.25) is 19.2 Å². The lowest BCUT2D eigenvalue weighted by atomic mass is 9.33. The third kappa shape index (κ3) is 4.81. The van der Waals surface area contributed by atoms with E-state index < -0.39 is 22.7 Å². The number of para-hydroxylation sites is 2. The first-order valence-corrected chi connectivity index (χ1v) is 21.7. The second kappa shape index (κ2) is 12.0. The third-order valence-electron chi connectivity index (χ3n) is 19.0. The Kier molecular flexibility index (Phi) is 8.18. The van der Waals surface area contributed by atoms with Gasteiger partial charge in [-0.1, -0.05) is 73.1 Å². The number of aromatic nitrogens is 2. The number of carboxylic acids is 1. The molecule has 1 spiro atoms. The first-order chi connectivity index (χ1) is 26.3. The van der Waals surface area contributed by atoms with Crippen LogP contribution in [-0.4, -0.2) is 44.8 Å². The lowest BCUT2D eigenvalue weighted by Gasteiger charge is -2.71. The number of carboxylic acid groups (broad SMARTS) is 1. The van der Waals surface area contributed by atoms with E-state index in [9.17, 15) is 24.3 Å². The maximum absolute atomic E-state index is 14.1. The number of ether oxygens (including phenoxy) is 1. The first kappa shape index (κ1) is 38.1. The lowest BCUT2D eigenvalue weighted by molar-refractivity contribution is -0.221. The topological polar surface area (TPSA) is 138 Å². The van der Waals surface area contributed by atoms with Gasteiger partial charge in [0.05, 0.1) is 29.4 Å². The molecule has 9 nitrogen and oxygen atoms in total. The molecule has 6 fully saturated rings. The molecule has 0 radical (unpaired) electrons. The number of hydrogen-bond donors (Lipinski definition) is 3. The zero-order chi connectivity index (χ0) is 40.0. The fourth-order valence-corrected chi connectivity index (χ4v) is 15.5. The van der Waals surface area contributed by atoms with Gasteiger partial charge in [0.25, 0.3) is 0 Å². The van der Waals surface area contributed by atoms with E-state index in [1.165, 1.54) is 5.57 Å². The second-order valence-electron chi connectivity index (χ2n) is 21.6. The lowest BCUT2D eigenvalue weighted by Crippen LogP contribution is -2.64. The molecule has 9 rings (SSSR count).